The van der Waals surface area contributed by atoms with Crippen molar-refractivity contribution >= 4 is 6.29 Å². The summed E-state index contributed by atoms with van der Waals surface area (Å²) in [4.78, 5) is 16.7. The van der Waals surface area contributed by atoms with Crippen LogP contribution in [0.4, 0.5) is 0 Å². The van der Waals surface area contributed by atoms with E-state index in [0.29, 0.717) is 12.1 Å². The smallest absolute Gasteiger partial charge is 0.127 e. The third-order valence-corrected chi connectivity index (χ3v) is 5.32. The highest BCUT2D eigenvalue weighted by atomic mass is 16.1. The van der Waals surface area contributed by atoms with Crippen LogP contribution in [-0.4, -0.2) is 54.9 Å². The molecule has 0 bridgehead atoms. The molecule has 0 radical (unpaired) electrons. The van der Waals surface area contributed by atoms with Crippen LogP contribution in [0.2, 0.25) is 0 Å². The molecule has 2 rings (SSSR count). The van der Waals surface area contributed by atoms with E-state index in [4.69, 9.17) is 0 Å². The molecule has 19 heavy (non-hydrogen) atoms. The highest BCUT2D eigenvalue weighted by Crippen LogP contribution is 2.34. The molecule has 0 aromatic heterocycles. The molecule has 1 aliphatic heterocycles. The lowest BCUT2D eigenvalue weighted by molar-refractivity contribution is -0.118. The van der Waals surface area contributed by atoms with Crippen LogP contribution >= 0.6 is 0 Å². The highest BCUT2D eigenvalue weighted by Gasteiger charge is 2.35. The maximum absolute atomic E-state index is 11.7. The number of carbonyl (C=O) groups is 1. The van der Waals surface area contributed by atoms with Gasteiger partial charge in [0.05, 0.1) is 0 Å². The minimum atomic E-state index is -0.0498. The summed E-state index contributed by atoms with van der Waals surface area (Å²) in [6.45, 7) is 7.79. The third-order valence-electron chi connectivity index (χ3n) is 5.32. The Morgan fingerprint density at radius 1 is 1.05 bits per heavy atom. The molecular weight excluding hydrogens is 236 g/mol. The number of hydrogen-bond acceptors (Lipinski definition) is 3. The van der Waals surface area contributed by atoms with Gasteiger partial charge in [0.25, 0.3) is 0 Å². The Hall–Kier alpha value is -0.410. The maximum Gasteiger partial charge on any atom is 0.127 e. The molecule has 0 amide bonds. The van der Waals surface area contributed by atoms with Gasteiger partial charge in [0.15, 0.2) is 0 Å². The standard InChI is InChI=1S/C16H30N2O/c1-14-10-18(11-15(2)17(14)3)12-16(13-19)8-6-4-5-7-9-16/h13-15H,4-12H2,1-3H3. The topological polar surface area (TPSA) is 23.6 Å². The number of piperazine rings is 1. The van der Waals surface area contributed by atoms with Crippen molar-refractivity contribution in [3.05, 3.63) is 0 Å². The Balaban J connectivity index is 1.99. The van der Waals surface area contributed by atoms with E-state index in [0.717, 1.165) is 32.5 Å². The van der Waals surface area contributed by atoms with E-state index >= 15 is 0 Å². The zero-order chi connectivity index (χ0) is 13.9. The van der Waals surface area contributed by atoms with E-state index in [1.807, 2.05) is 0 Å². The van der Waals surface area contributed by atoms with Gasteiger partial charge in [0, 0.05) is 37.1 Å². The van der Waals surface area contributed by atoms with Gasteiger partial charge in [-0.1, -0.05) is 25.7 Å². The number of carbonyl (C=O) groups excluding carboxylic acids is 1. The zero-order valence-electron chi connectivity index (χ0n) is 12.9. The van der Waals surface area contributed by atoms with E-state index in [9.17, 15) is 4.79 Å². The predicted octanol–water partition coefficient (Wildman–Crippen LogP) is 2.55. The first-order valence-corrected chi connectivity index (χ1v) is 7.97. The average Bonchev–Trinajstić information content (AvgIpc) is 2.62. The summed E-state index contributed by atoms with van der Waals surface area (Å²) in [6.07, 6.45) is 8.58. The van der Waals surface area contributed by atoms with Gasteiger partial charge in [-0.2, -0.15) is 0 Å². The number of likely N-dealkylation sites (N-methyl/N-ethyl adjacent to an activating group) is 1. The van der Waals surface area contributed by atoms with E-state index in [-0.39, 0.29) is 5.41 Å². The summed E-state index contributed by atoms with van der Waals surface area (Å²) in [6, 6.07) is 1.19. The van der Waals surface area contributed by atoms with E-state index < -0.39 is 0 Å². The van der Waals surface area contributed by atoms with Crippen LogP contribution in [0.25, 0.3) is 0 Å². The second kappa shape index (κ2) is 6.36. The molecule has 1 aliphatic carbocycles. The van der Waals surface area contributed by atoms with Crippen LogP contribution in [0.5, 0.6) is 0 Å². The number of hydrogen-bond donors (Lipinski definition) is 0. The first-order chi connectivity index (χ1) is 9.06. The highest BCUT2D eigenvalue weighted by molar-refractivity contribution is 5.59. The van der Waals surface area contributed by atoms with Crippen LogP contribution in [0.3, 0.4) is 0 Å². The fourth-order valence-electron chi connectivity index (χ4n) is 3.83. The van der Waals surface area contributed by atoms with Crippen molar-refractivity contribution in [1.82, 2.24) is 9.80 Å². The summed E-state index contributed by atoms with van der Waals surface area (Å²) >= 11 is 0. The van der Waals surface area contributed by atoms with Crippen molar-refractivity contribution in [3.8, 4) is 0 Å². The van der Waals surface area contributed by atoms with Crippen LogP contribution in [-0.2, 0) is 4.79 Å². The predicted molar refractivity (Wildman–Crippen MR) is 79.3 cm³/mol. The van der Waals surface area contributed by atoms with Crippen molar-refractivity contribution in [2.45, 2.75) is 64.5 Å². The van der Waals surface area contributed by atoms with Gasteiger partial charge in [-0.3, -0.25) is 9.80 Å². The van der Waals surface area contributed by atoms with Crippen LogP contribution in [0.1, 0.15) is 52.4 Å². The van der Waals surface area contributed by atoms with Crippen molar-refractivity contribution in [3.63, 3.8) is 0 Å². The van der Waals surface area contributed by atoms with Crippen LogP contribution in [0.15, 0.2) is 0 Å². The Labute approximate surface area is 118 Å². The molecule has 0 aromatic rings. The van der Waals surface area contributed by atoms with Crippen molar-refractivity contribution < 1.29 is 4.79 Å². The van der Waals surface area contributed by atoms with Gasteiger partial charge < -0.3 is 4.79 Å². The molecule has 0 N–H and O–H groups in total. The molecule has 0 aromatic carbocycles. The molecule has 2 aliphatic rings. The van der Waals surface area contributed by atoms with Crippen molar-refractivity contribution in [1.29, 1.82) is 0 Å². The first-order valence-electron chi connectivity index (χ1n) is 7.97. The molecule has 110 valence electrons. The fourth-order valence-corrected chi connectivity index (χ4v) is 3.83. The quantitative estimate of drug-likeness (QED) is 0.579. The van der Waals surface area contributed by atoms with Crippen LogP contribution in [0, 0.1) is 5.41 Å². The monoisotopic (exact) mass is 266 g/mol. The molecule has 1 saturated carbocycles. The molecule has 3 heteroatoms. The molecule has 0 spiro atoms. The minimum Gasteiger partial charge on any atom is -0.303 e. The second-order valence-electron chi connectivity index (χ2n) is 6.95. The minimum absolute atomic E-state index is 0.0498. The number of nitrogens with zero attached hydrogens (tertiary/aromatic N) is 2. The summed E-state index contributed by atoms with van der Waals surface area (Å²) < 4.78 is 0. The van der Waals surface area contributed by atoms with Gasteiger partial charge >= 0.3 is 0 Å². The molecule has 2 atom stereocenters. The Bertz CT molecular complexity index is 285. The summed E-state index contributed by atoms with van der Waals surface area (Å²) in [5.74, 6) is 0. The molecule has 3 nitrogen and oxygen atoms in total. The molecule has 1 heterocycles. The van der Waals surface area contributed by atoms with Crippen molar-refractivity contribution in [2.75, 3.05) is 26.7 Å². The lowest BCUT2D eigenvalue weighted by Crippen LogP contribution is -2.57. The molecule has 2 fully saturated rings. The summed E-state index contributed by atoms with van der Waals surface area (Å²) in [7, 11) is 2.22. The normalized spacial score (nSPS) is 33.8. The number of rotatable bonds is 3. The van der Waals surface area contributed by atoms with Crippen molar-refractivity contribution in [2.24, 2.45) is 5.41 Å². The fraction of sp³-hybridized carbons (Fsp3) is 0.938. The Kier molecular flexibility index (Phi) is 5.02. The van der Waals surface area contributed by atoms with Gasteiger partial charge in [0.2, 0.25) is 0 Å². The van der Waals surface area contributed by atoms with Gasteiger partial charge in [0.1, 0.15) is 6.29 Å². The Morgan fingerprint density at radius 3 is 2.05 bits per heavy atom. The second-order valence-corrected chi connectivity index (χ2v) is 6.95. The van der Waals surface area contributed by atoms with Gasteiger partial charge in [-0.15, -0.1) is 0 Å². The van der Waals surface area contributed by atoms with Crippen LogP contribution < -0.4 is 0 Å². The first kappa shape index (κ1) is 15.0. The zero-order valence-corrected chi connectivity index (χ0v) is 12.9. The SMILES string of the molecule is CC1CN(CC2(C=O)CCCCCC2)CC(C)N1C. The van der Waals surface area contributed by atoms with E-state index in [1.54, 1.807) is 0 Å². The number of aldehydes is 1. The Morgan fingerprint density at radius 2 is 1.58 bits per heavy atom. The van der Waals surface area contributed by atoms with Gasteiger partial charge in [-0.05, 0) is 33.7 Å². The van der Waals surface area contributed by atoms with E-state index in [2.05, 4.69) is 30.7 Å². The maximum atomic E-state index is 11.7. The lowest BCUT2D eigenvalue weighted by Gasteiger charge is -2.45. The third kappa shape index (κ3) is 3.57. The largest absolute Gasteiger partial charge is 0.303 e. The molecular formula is C16H30N2O. The summed E-state index contributed by atoms with van der Waals surface area (Å²) in [5, 5.41) is 0. The molecule has 1 saturated heterocycles. The summed E-state index contributed by atoms with van der Waals surface area (Å²) in [5.41, 5.74) is -0.0498. The van der Waals surface area contributed by atoms with Gasteiger partial charge in [-0.25, -0.2) is 0 Å². The van der Waals surface area contributed by atoms with E-state index in [1.165, 1.54) is 32.0 Å². The lowest BCUT2D eigenvalue weighted by atomic mass is 9.81. The molecule has 2 unspecified atom stereocenters. The average molecular weight is 266 g/mol.